The zero-order valence-corrected chi connectivity index (χ0v) is 12.5. The second-order valence-electron chi connectivity index (χ2n) is 5.21. The molecule has 0 saturated carbocycles. The number of nitrogens with one attached hydrogen (secondary N) is 2. The highest BCUT2D eigenvalue weighted by Crippen LogP contribution is 2.12. The van der Waals surface area contributed by atoms with Crippen molar-refractivity contribution in [2.24, 2.45) is 0 Å². The molecule has 1 amide bonds. The summed E-state index contributed by atoms with van der Waals surface area (Å²) >= 11 is 0. The molecule has 0 aliphatic rings. The van der Waals surface area contributed by atoms with E-state index in [0.717, 1.165) is 5.56 Å². The fourth-order valence-electron chi connectivity index (χ4n) is 2.22. The van der Waals surface area contributed by atoms with Crippen LogP contribution in [0.3, 0.4) is 0 Å². The normalized spacial score (nSPS) is 13.4. The molecule has 2 aromatic carbocycles. The smallest absolute Gasteiger partial charge is 0.234 e. The molecule has 0 radical (unpaired) electrons. The molecule has 3 heteroatoms. The van der Waals surface area contributed by atoms with E-state index in [1.807, 2.05) is 55.5 Å². The van der Waals surface area contributed by atoms with Gasteiger partial charge in [-0.3, -0.25) is 4.79 Å². The standard InChI is InChI=1S/C18H22N2O/c1-14(16-9-5-3-6-10-16)19-13-18(21)20-15(2)17-11-7-4-8-12-17/h3-12,14-15,19H,13H2,1-2H3,(H,20,21). The number of carbonyl (C=O) groups excluding carboxylic acids is 1. The van der Waals surface area contributed by atoms with Gasteiger partial charge in [0.05, 0.1) is 12.6 Å². The molecule has 0 saturated heterocycles. The van der Waals surface area contributed by atoms with E-state index in [0.29, 0.717) is 6.54 Å². The monoisotopic (exact) mass is 282 g/mol. The molecule has 0 fully saturated rings. The van der Waals surface area contributed by atoms with E-state index in [9.17, 15) is 4.79 Å². The first-order valence-electron chi connectivity index (χ1n) is 7.29. The van der Waals surface area contributed by atoms with Crippen LogP contribution in [0.4, 0.5) is 0 Å². The molecule has 2 aromatic rings. The van der Waals surface area contributed by atoms with Gasteiger partial charge in [-0.25, -0.2) is 0 Å². The number of hydrogen-bond acceptors (Lipinski definition) is 2. The summed E-state index contributed by atoms with van der Waals surface area (Å²) in [5.74, 6) is 0.00846. The Hall–Kier alpha value is -2.13. The topological polar surface area (TPSA) is 41.1 Å². The SMILES string of the molecule is CC(NCC(=O)NC(C)c1ccccc1)c1ccccc1. The van der Waals surface area contributed by atoms with Crippen LogP contribution >= 0.6 is 0 Å². The molecular weight excluding hydrogens is 260 g/mol. The third kappa shape index (κ3) is 4.72. The highest BCUT2D eigenvalue weighted by atomic mass is 16.1. The number of hydrogen-bond donors (Lipinski definition) is 2. The predicted molar refractivity (Wildman–Crippen MR) is 85.9 cm³/mol. The molecule has 110 valence electrons. The molecule has 2 N–H and O–H groups in total. The van der Waals surface area contributed by atoms with Crippen LogP contribution in [0, 0.1) is 0 Å². The molecule has 2 atom stereocenters. The van der Waals surface area contributed by atoms with Crippen molar-refractivity contribution in [2.75, 3.05) is 6.54 Å². The van der Waals surface area contributed by atoms with Gasteiger partial charge >= 0.3 is 0 Å². The van der Waals surface area contributed by atoms with Crippen LogP contribution in [-0.2, 0) is 4.79 Å². The van der Waals surface area contributed by atoms with Crippen molar-refractivity contribution >= 4 is 5.91 Å². The van der Waals surface area contributed by atoms with Gasteiger partial charge in [0, 0.05) is 6.04 Å². The first-order chi connectivity index (χ1) is 10.2. The zero-order chi connectivity index (χ0) is 15.1. The highest BCUT2D eigenvalue weighted by Gasteiger charge is 2.10. The molecule has 2 rings (SSSR count). The number of amides is 1. The minimum absolute atomic E-state index is 0.00846. The van der Waals surface area contributed by atoms with Crippen molar-refractivity contribution < 1.29 is 4.79 Å². The van der Waals surface area contributed by atoms with Gasteiger partial charge in [0.2, 0.25) is 5.91 Å². The summed E-state index contributed by atoms with van der Waals surface area (Å²) in [6.07, 6.45) is 0. The predicted octanol–water partition coefficient (Wildman–Crippen LogP) is 3.21. The van der Waals surface area contributed by atoms with E-state index in [1.165, 1.54) is 5.56 Å². The van der Waals surface area contributed by atoms with Crippen LogP contribution in [0.2, 0.25) is 0 Å². The van der Waals surface area contributed by atoms with Crippen molar-refractivity contribution in [3.63, 3.8) is 0 Å². The highest BCUT2D eigenvalue weighted by molar-refractivity contribution is 5.78. The summed E-state index contributed by atoms with van der Waals surface area (Å²) in [4.78, 5) is 12.0. The van der Waals surface area contributed by atoms with E-state index < -0.39 is 0 Å². The molecule has 0 spiro atoms. The zero-order valence-electron chi connectivity index (χ0n) is 12.5. The molecule has 2 unspecified atom stereocenters. The van der Waals surface area contributed by atoms with Crippen molar-refractivity contribution in [3.05, 3.63) is 71.8 Å². The Balaban J connectivity index is 1.80. The van der Waals surface area contributed by atoms with Gasteiger partial charge in [-0.15, -0.1) is 0 Å². The summed E-state index contributed by atoms with van der Waals surface area (Å²) in [7, 11) is 0. The Bertz CT molecular complexity index is 554. The lowest BCUT2D eigenvalue weighted by Crippen LogP contribution is -2.36. The molecular formula is C18H22N2O. The molecule has 0 heterocycles. The van der Waals surface area contributed by atoms with Gasteiger partial charge in [0.1, 0.15) is 0 Å². The molecule has 0 aliphatic heterocycles. The fraction of sp³-hybridized carbons (Fsp3) is 0.278. The summed E-state index contributed by atoms with van der Waals surface area (Å²) in [5, 5.41) is 6.25. The largest absolute Gasteiger partial charge is 0.348 e. The first kappa shape index (κ1) is 15.3. The van der Waals surface area contributed by atoms with E-state index in [1.54, 1.807) is 0 Å². The Kier molecular flexibility index (Phi) is 5.52. The van der Waals surface area contributed by atoms with Gasteiger partial charge in [-0.05, 0) is 25.0 Å². The summed E-state index contributed by atoms with van der Waals surface area (Å²) in [5.41, 5.74) is 2.29. The van der Waals surface area contributed by atoms with Crippen molar-refractivity contribution in [3.8, 4) is 0 Å². The second-order valence-corrected chi connectivity index (χ2v) is 5.21. The molecule has 3 nitrogen and oxygen atoms in total. The van der Waals surface area contributed by atoms with Crippen LogP contribution in [0.25, 0.3) is 0 Å². The van der Waals surface area contributed by atoms with Crippen LogP contribution in [0.15, 0.2) is 60.7 Å². The van der Waals surface area contributed by atoms with Crippen LogP contribution in [0.1, 0.15) is 37.1 Å². The number of benzene rings is 2. The van der Waals surface area contributed by atoms with Gasteiger partial charge in [-0.2, -0.15) is 0 Å². The van der Waals surface area contributed by atoms with Crippen molar-refractivity contribution in [2.45, 2.75) is 25.9 Å². The number of rotatable bonds is 6. The quantitative estimate of drug-likeness (QED) is 0.854. The van der Waals surface area contributed by atoms with Crippen LogP contribution < -0.4 is 10.6 Å². The molecule has 0 aliphatic carbocycles. The average molecular weight is 282 g/mol. The third-order valence-electron chi connectivity index (χ3n) is 3.55. The summed E-state index contributed by atoms with van der Waals surface area (Å²) < 4.78 is 0. The first-order valence-corrected chi connectivity index (χ1v) is 7.29. The van der Waals surface area contributed by atoms with Gasteiger partial charge in [0.25, 0.3) is 0 Å². The lowest BCUT2D eigenvalue weighted by molar-refractivity contribution is -0.121. The van der Waals surface area contributed by atoms with Crippen molar-refractivity contribution in [1.29, 1.82) is 0 Å². The minimum Gasteiger partial charge on any atom is -0.348 e. The average Bonchev–Trinajstić information content (AvgIpc) is 2.54. The van der Waals surface area contributed by atoms with E-state index >= 15 is 0 Å². The van der Waals surface area contributed by atoms with Crippen LogP contribution in [0.5, 0.6) is 0 Å². The Morgan fingerprint density at radius 2 is 1.33 bits per heavy atom. The maximum Gasteiger partial charge on any atom is 0.234 e. The van der Waals surface area contributed by atoms with Crippen molar-refractivity contribution in [1.82, 2.24) is 10.6 Å². The summed E-state index contributed by atoms with van der Waals surface area (Å²) in [6, 6.07) is 20.3. The van der Waals surface area contributed by atoms with Gasteiger partial charge in [-0.1, -0.05) is 60.7 Å². The molecule has 0 bridgehead atoms. The van der Waals surface area contributed by atoms with Gasteiger partial charge < -0.3 is 10.6 Å². The Labute approximate surface area is 126 Å². The molecule has 0 aromatic heterocycles. The van der Waals surface area contributed by atoms with Crippen LogP contribution in [-0.4, -0.2) is 12.5 Å². The Morgan fingerprint density at radius 1 is 0.857 bits per heavy atom. The lowest BCUT2D eigenvalue weighted by atomic mass is 10.1. The van der Waals surface area contributed by atoms with E-state index in [2.05, 4.69) is 29.7 Å². The maximum atomic E-state index is 12.0. The van der Waals surface area contributed by atoms with Gasteiger partial charge in [0.15, 0.2) is 0 Å². The fourth-order valence-corrected chi connectivity index (χ4v) is 2.22. The Morgan fingerprint density at radius 3 is 1.86 bits per heavy atom. The third-order valence-corrected chi connectivity index (χ3v) is 3.55. The number of carbonyl (C=O) groups is 1. The van der Waals surface area contributed by atoms with E-state index in [4.69, 9.17) is 0 Å². The maximum absolute atomic E-state index is 12.0. The minimum atomic E-state index is 0.00846. The lowest BCUT2D eigenvalue weighted by Gasteiger charge is -2.17. The second kappa shape index (κ2) is 7.60. The summed E-state index contributed by atoms with van der Waals surface area (Å²) in [6.45, 7) is 4.37. The van der Waals surface area contributed by atoms with E-state index in [-0.39, 0.29) is 18.0 Å². The molecule has 21 heavy (non-hydrogen) atoms.